The van der Waals surface area contributed by atoms with E-state index in [4.69, 9.17) is 4.42 Å². The number of nitrogens with one attached hydrogen (secondary N) is 1. The van der Waals surface area contributed by atoms with Crippen molar-refractivity contribution in [1.29, 1.82) is 5.26 Å². The first-order chi connectivity index (χ1) is 12.1. The largest absolute Gasteiger partial charge is 0.464 e. The van der Waals surface area contributed by atoms with Crippen LogP contribution in [0, 0.1) is 24.1 Å². The first-order valence-electron chi connectivity index (χ1n) is 7.45. The zero-order chi connectivity index (χ0) is 17.6. The van der Waals surface area contributed by atoms with Crippen molar-refractivity contribution >= 4 is 11.0 Å². The van der Waals surface area contributed by atoms with Gasteiger partial charge in [0.25, 0.3) is 5.56 Å². The van der Waals surface area contributed by atoms with E-state index in [1.807, 2.05) is 6.07 Å². The lowest BCUT2D eigenvalue weighted by Crippen LogP contribution is -2.13. The van der Waals surface area contributed by atoms with Crippen molar-refractivity contribution in [2.45, 2.75) is 6.92 Å². The van der Waals surface area contributed by atoms with Crippen LogP contribution in [0.3, 0.4) is 0 Å². The van der Waals surface area contributed by atoms with E-state index in [-0.39, 0.29) is 11.4 Å². The summed E-state index contributed by atoms with van der Waals surface area (Å²) in [5.41, 5.74) is 1.44. The number of H-pyrrole nitrogens is 1. The molecule has 4 rings (SSSR count). The minimum Gasteiger partial charge on any atom is -0.464 e. The zero-order valence-electron chi connectivity index (χ0n) is 13.1. The van der Waals surface area contributed by atoms with Crippen molar-refractivity contribution in [2.24, 2.45) is 0 Å². The number of nitrogens with zero attached hydrogens (tertiary/aromatic N) is 3. The quantitative estimate of drug-likeness (QED) is 0.609. The molecule has 0 fully saturated rings. The third-order valence-electron chi connectivity index (χ3n) is 3.97. The predicted octanol–water partition coefficient (Wildman–Crippen LogP) is 3.29. The molecule has 3 heterocycles. The van der Waals surface area contributed by atoms with Crippen LogP contribution in [0.1, 0.15) is 11.3 Å². The first-order valence-corrected chi connectivity index (χ1v) is 7.45. The lowest BCUT2D eigenvalue weighted by molar-refractivity contribution is 0.582. The topological polar surface area (TPSA) is 87.6 Å². The highest BCUT2D eigenvalue weighted by Gasteiger charge is 2.22. The maximum absolute atomic E-state index is 13.2. The monoisotopic (exact) mass is 334 g/mol. The molecule has 0 saturated heterocycles. The molecule has 0 aliphatic heterocycles. The number of rotatable bonds is 2. The molecule has 0 unspecified atom stereocenters. The molecule has 7 heteroatoms. The Kier molecular flexibility index (Phi) is 3.25. The highest BCUT2D eigenvalue weighted by molar-refractivity contribution is 5.96. The highest BCUT2D eigenvalue weighted by atomic mass is 19.1. The Balaban J connectivity index is 2.13. The summed E-state index contributed by atoms with van der Waals surface area (Å²) >= 11 is 0. The fourth-order valence-electron chi connectivity index (χ4n) is 2.89. The van der Waals surface area contributed by atoms with Gasteiger partial charge >= 0.3 is 0 Å². The summed E-state index contributed by atoms with van der Waals surface area (Å²) < 4.78 is 20.1. The van der Waals surface area contributed by atoms with Crippen molar-refractivity contribution in [3.8, 4) is 23.1 Å². The average molecular weight is 334 g/mol. The number of furan rings is 1. The fourth-order valence-corrected chi connectivity index (χ4v) is 2.89. The van der Waals surface area contributed by atoms with Gasteiger partial charge in [0.15, 0.2) is 0 Å². The minimum atomic E-state index is -0.537. The normalized spacial score (nSPS) is 10.9. The van der Waals surface area contributed by atoms with Gasteiger partial charge in [-0.25, -0.2) is 9.07 Å². The summed E-state index contributed by atoms with van der Waals surface area (Å²) in [5, 5.41) is 14.5. The number of aryl methyl sites for hydroxylation is 1. The standard InChI is InChI=1S/C18H11FN4O2/c1-10-15-16(14-3-2-8-25-14)13(9-20)18(24)21-17(15)23(22-10)12-6-4-11(19)5-7-12/h2-8H,1H3,(H,21,24). The van der Waals surface area contributed by atoms with Crippen molar-refractivity contribution in [1.82, 2.24) is 14.8 Å². The van der Waals surface area contributed by atoms with Gasteiger partial charge in [0.2, 0.25) is 0 Å². The molecule has 6 nitrogen and oxygen atoms in total. The molecular formula is C18H11FN4O2. The number of hydrogen-bond donors (Lipinski definition) is 1. The van der Waals surface area contributed by atoms with E-state index in [1.54, 1.807) is 31.2 Å². The second-order valence-electron chi connectivity index (χ2n) is 5.49. The predicted molar refractivity (Wildman–Crippen MR) is 88.8 cm³/mol. The molecule has 25 heavy (non-hydrogen) atoms. The molecule has 0 atom stereocenters. The Morgan fingerprint density at radius 2 is 2.04 bits per heavy atom. The summed E-state index contributed by atoms with van der Waals surface area (Å²) in [7, 11) is 0. The number of fused-ring (bicyclic) bond motifs is 1. The Morgan fingerprint density at radius 3 is 2.68 bits per heavy atom. The Bertz CT molecular complexity index is 1180. The molecular weight excluding hydrogens is 323 g/mol. The SMILES string of the molecule is Cc1nn(-c2ccc(F)cc2)c2[nH]c(=O)c(C#N)c(-c3ccco3)c12. The van der Waals surface area contributed by atoms with Gasteiger partial charge in [-0.2, -0.15) is 10.4 Å². The first kappa shape index (κ1) is 14.9. The Hall–Kier alpha value is -3.66. The van der Waals surface area contributed by atoms with Crippen LogP contribution in [0.15, 0.2) is 51.9 Å². The summed E-state index contributed by atoms with van der Waals surface area (Å²) in [4.78, 5) is 15.1. The van der Waals surface area contributed by atoms with Crippen molar-refractivity contribution in [3.05, 3.63) is 70.1 Å². The van der Waals surface area contributed by atoms with Gasteiger partial charge in [-0.05, 0) is 43.3 Å². The van der Waals surface area contributed by atoms with E-state index in [0.717, 1.165) is 0 Å². The highest BCUT2D eigenvalue weighted by Crippen LogP contribution is 2.32. The van der Waals surface area contributed by atoms with Crippen molar-refractivity contribution < 1.29 is 8.81 Å². The molecule has 3 aromatic heterocycles. The summed E-state index contributed by atoms with van der Waals surface area (Å²) in [6.45, 7) is 1.77. The lowest BCUT2D eigenvalue weighted by Gasteiger charge is -2.06. The second-order valence-corrected chi connectivity index (χ2v) is 5.49. The van der Waals surface area contributed by atoms with E-state index < -0.39 is 5.56 Å². The van der Waals surface area contributed by atoms with Gasteiger partial charge in [0, 0.05) is 0 Å². The molecule has 0 aliphatic carbocycles. The number of aromatic amines is 1. The van der Waals surface area contributed by atoms with Crippen LogP contribution < -0.4 is 5.56 Å². The molecule has 0 saturated carbocycles. The van der Waals surface area contributed by atoms with Gasteiger partial charge in [0.05, 0.1) is 28.6 Å². The number of pyridine rings is 1. The second kappa shape index (κ2) is 5.46. The molecule has 4 aromatic rings. The number of aromatic nitrogens is 3. The van der Waals surface area contributed by atoms with E-state index in [1.165, 1.54) is 23.1 Å². The number of nitriles is 1. The zero-order valence-corrected chi connectivity index (χ0v) is 13.1. The third kappa shape index (κ3) is 2.23. The van der Waals surface area contributed by atoms with Crippen molar-refractivity contribution in [3.63, 3.8) is 0 Å². The molecule has 0 spiro atoms. The minimum absolute atomic E-state index is 0.0378. The molecule has 0 amide bonds. The number of halogens is 1. The molecule has 1 aromatic carbocycles. The van der Waals surface area contributed by atoms with Crippen LogP contribution in [0.5, 0.6) is 0 Å². The van der Waals surface area contributed by atoms with Gasteiger partial charge in [-0.15, -0.1) is 0 Å². The molecule has 1 N–H and O–H groups in total. The summed E-state index contributed by atoms with van der Waals surface area (Å²) in [5.74, 6) is 0.0443. The lowest BCUT2D eigenvalue weighted by atomic mass is 10.0. The van der Waals surface area contributed by atoms with Crippen LogP contribution in [-0.4, -0.2) is 14.8 Å². The third-order valence-corrected chi connectivity index (χ3v) is 3.97. The maximum Gasteiger partial charge on any atom is 0.268 e. The van der Waals surface area contributed by atoms with Crippen LogP contribution in [0.2, 0.25) is 0 Å². The van der Waals surface area contributed by atoms with E-state index in [2.05, 4.69) is 10.1 Å². The van der Waals surface area contributed by atoms with E-state index in [0.29, 0.717) is 33.7 Å². The number of hydrogen-bond acceptors (Lipinski definition) is 4. The van der Waals surface area contributed by atoms with Crippen LogP contribution in [-0.2, 0) is 0 Å². The molecule has 0 bridgehead atoms. The van der Waals surface area contributed by atoms with Crippen LogP contribution in [0.25, 0.3) is 28.0 Å². The summed E-state index contributed by atoms with van der Waals surface area (Å²) in [6.07, 6.45) is 1.48. The van der Waals surface area contributed by atoms with Gasteiger partial charge in [0.1, 0.15) is 28.9 Å². The van der Waals surface area contributed by atoms with Crippen LogP contribution >= 0.6 is 0 Å². The van der Waals surface area contributed by atoms with E-state index >= 15 is 0 Å². The Morgan fingerprint density at radius 1 is 1.28 bits per heavy atom. The molecule has 0 aliphatic rings. The Labute approximate surface area is 140 Å². The van der Waals surface area contributed by atoms with Crippen LogP contribution in [0.4, 0.5) is 4.39 Å². The average Bonchev–Trinajstić information content (AvgIpc) is 3.23. The maximum atomic E-state index is 13.2. The van der Waals surface area contributed by atoms with Gasteiger partial charge < -0.3 is 9.40 Å². The van der Waals surface area contributed by atoms with E-state index in [9.17, 15) is 14.4 Å². The molecule has 122 valence electrons. The van der Waals surface area contributed by atoms with Crippen molar-refractivity contribution in [2.75, 3.05) is 0 Å². The van der Waals surface area contributed by atoms with Gasteiger partial charge in [-0.1, -0.05) is 0 Å². The number of benzene rings is 1. The molecule has 0 radical (unpaired) electrons. The smallest absolute Gasteiger partial charge is 0.268 e. The fraction of sp³-hybridized carbons (Fsp3) is 0.0556. The summed E-state index contributed by atoms with van der Waals surface area (Å²) in [6, 6.07) is 11.1. The van der Waals surface area contributed by atoms with Gasteiger partial charge in [-0.3, -0.25) is 4.79 Å².